The first-order chi connectivity index (χ1) is 9.72. The van der Waals surface area contributed by atoms with Crippen LogP contribution in [0, 0.1) is 6.92 Å². The Kier molecular flexibility index (Phi) is 4.58. The first-order valence-corrected chi connectivity index (χ1v) is 8.36. The predicted octanol–water partition coefficient (Wildman–Crippen LogP) is 4.34. The van der Waals surface area contributed by atoms with E-state index in [-0.39, 0.29) is 31.3 Å². The molecule has 0 saturated carbocycles. The van der Waals surface area contributed by atoms with E-state index in [4.69, 9.17) is 40.5 Å². The highest BCUT2D eigenvalue weighted by Crippen LogP contribution is 2.35. The highest BCUT2D eigenvalue weighted by Gasteiger charge is 2.19. The molecule has 0 aliphatic heterocycles. The maximum Gasteiger partial charge on any atom is 0.262 e. The summed E-state index contributed by atoms with van der Waals surface area (Å²) in [4.78, 5) is -0.0296. The van der Waals surface area contributed by atoms with Crippen molar-refractivity contribution in [2.45, 2.75) is 11.8 Å². The summed E-state index contributed by atoms with van der Waals surface area (Å²) in [7, 11) is -3.87. The molecule has 0 atom stereocenters. The molecule has 0 aliphatic rings. The topological polar surface area (TPSA) is 72.2 Å². The van der Waals surface area contributed by atoms with Crippen molar-refractivity contribution in [1.29, 1.82) is 0 Å². The third kappa shape index (κ3) is 3.37. The summed E-state index contributed by atoms with van der Waals surface area (Å²) >= 11 is 17.9. The number of halogens is 3. The highest BCUT2D eigenvalue weighted by atomic mass is 35.5. The number of nitrogens with two attached hydrogens (primary N) is 1. The number of rotatable bonds is 3. The maximum absolute atomic E-state index is 12.4. The molecule has 0 radical (unpaired) electrons. The van der Waals surface area contributed by atoms with Crippen molar-refractivity contribution < 1.29 is 8.42 Å². The van der Waals surface area contributed by atoms with Gasteiger partial charge in [0.25, 0.3) is 10.0 Å². The molecule has 0 aromatic heterocycles. The first-order valence-electron chi connectivity index (χ1n) is 5.75. The van der Waals surface area contributed by atoms with Gasteiger partial charge in [0, 0.05) is 0 Å². The molecule has 0 heterocycles. The molecule has 2 aromatic rings. The van der Waals surface area contributed by atoms with E-state index in [2.05, 4.69) is 4.72 Å². The van der Waals surface area contributed by atoms with Gasteiger partial charge >= 0.3 is 0 Å². The van der Waals surface area contributed by atoms with Crippen molar-refractivity contribution in [3.05, 3.63) is 51.0 Å². The molecule has 0 unspecified atom stereocenters. The molecule has 2 rings (SSSR count). The van der Waals surface area contributed by atoms with Crippen LogP contribution in [-0.4, -0.2) is 8.42 Å². The minimum Gasteiger partial charge on any atom is -0.397 e. The molecule has 3 N–H and O–H groups in total. The monoisotopic (exact) mass is 364 g/mol. The zero-order valence-corrected chi connectivity index (χ0v) is 13.9. The van der Waals surface area contributed by atoms with Gasteiger partial charge in [-0.2, -0.15) is 0 Å². The van der Waals surface area contributed by atoms with Gasteiger partial charge in [0.2, 0.25) is 0 Å². The van der Waals surface area contributed by atoms with E-state index in [0.29, 0.717) is 5.56 Å². The van der Waals surface area contributed by atoms with Crippen LogP contribution in [0.1, 0.15) is 5.56 Å². The molecule has 21 heavy (non-hydrogen) atoms. The van der Waals surface area contributed by atoms with Crippen LogP contribution >= 0.6 is 34.8 Å². The van der Waals surface area contributed by atoms with Gasteiger partial charge in [-0.05, 0) is 36.8 Å². The van der Waals surface area contributed by atoms with Gasteiger partial charge in [0.1, 0.15) is 0 Å². The van der Waals surface area contributed by atoms with E-state index in [0.717, 1.165) is 0 Å². The fourth-order valence-corrected chi connectivity index (χ4v) is 3.46. The molecule has 0 aliphatic carbocycles. The molecule has 2 aromatic carbocycles. The summed E-state index contributed by atoms with van der Waals surface area (Å²) in [5.74, 6) is 0. The number of anilines is 2. The summed E-state index contributed by atoms with van der Waals surface area (Å²) in [6.07, 6.45) is 0. The average molecular weight is 366 g/mol. The van der Waals surface area contributed by atoms with Crippen LogP contribution in [0.3, 0.4) is 0 Å². The van der Waals surface area contributed by atoms with Crippen LogP contribution in [0.25, 0.3) is 0 Å². The van der Waals surface area contributed by atoms with E-state index in [9.17, 15) is 8.42 Å². The zero-order valence-electron chi connectivity index (χ0n) is 10.8. The fraction of sp³-hybridized carbons (Fsp3) is 0.0769. The SMILES string of the molecule is Cc1ccc(Cl)c(NS(=O)(=O)c2ccc(Cl)c(N)c2)c1Cl. The number of nitrogens with one attached hydrogen (secondary N) is 1. The molecule has 0 saturated heterocycles. The molecule has 0 fully saturated rings. The first kappa shape index (κ1) is 16.2. The number of hydrogen-bond donors (Lipinski definition) is 2. The Bertz CT molecular complexity index is 807. The number of sulfonamides is 1. The van der Waals surface area contributed by atoms with Crippen molar-refractivity contribution in [3.63, 3.8) is 0 Å². The van der Waals surface area contributed by atoms with Gasteiger partial charge in [-0.1, -0.05) is 40.9 Å². The quantitative estimate of drug-likeness (QED) is 0.795. The molecule has 112 valence electrons. The second kappa shape index (κ2) is 5.93. The fourth-order valence-electron chi connectivity index (χ4n) is 1.63. The van der Waals surface area contributed by atoms with Crippen LogP contribution < -0.4 is 10.5 Å². The third-order valence-electron chi connectivity index (χ3n) is 2.80. The van der Waals surface area contributed by atoms with Crippen LogP contribution in [0.15, 0.2) is 35.2 Å². The largest absolute Gasteiger partial charge is 0.397 e. The van der Waals surface area contributed by atoms with Crippen LogP contribution in [-0.2, 0) is 10.0 Å². The molecule has 4 nitrogen and oxygen atoms in total. The van der Waals surface area contributed by atoms with Crippen molar-refractivity contribution in [3.8, 4) is 0 Å². The Morgan fingerprint density at radius 3 is 2.29 bits per heavy atom. The van der Waals surface area contributed by atoms with Gasteiger partial charge in [-0.25, -0.2) is 8.42 Å². The minimum atomic E-state index is -3.87. The summed E-state index contributed by atoms with van der Waals surface area (Å²) in [6.45, 7) is 1.75. The lowest BCUT2D eigenvalue weighted by atomic mass is 10.2. The molecular formula is C13H11Cl3N2O2S. The van der Waals surface area contributed by atoms with E-state index in [1.165, 1.54) is 18.2 Å². The average Bonchev–Trinajstić information content (AvgIpc) is 2.42. The minimum absolute atomic E-state index is 0.0296. The lowest BCUT2D eigenvalue weighted by Crippen LogP contribution is -2.14. The predicted molar refractivity (Wildman–Crippen MR) is 87.9 cm³/mol. The Hall–Kier alpha value is -1.14. The Morgan fingerprint density at radius 2 is 1.67 bits per heavy atom. The zero-order chi connectivity index (χ0) is 15.8. The van der Waals surface area contributed by atoms with Gasteiger partial charge in [-0.15, -0.1) is 0 Å². The van der Waals surface area contributed by atoms with Gasteiger partial charge in [-0.3, -0.25) is 4.72 Å². The van der Waals surface area contributed by atoms with Crippen LogP contribution in [0.5, 0.6) is 0 Å². The molecule has 0 bridgehead atoms. The second-order valence-electron chi connectivity index (χ2n) is 4.34. The lowest BCUT2D eigenvalue weighted by molar-refractivity contribution is 0.601. The number of benzene rings is 2. The van der Waals surface area contributed by atoms with Crippen molar-refractivity contribution >= 4 is 56.2 Å². The number of nitrogen functional groups attached to an aromatic ring is 1. The van der Waals surface area contributed by atoms with Crippen LogP contribution in [0.4, 0.5) is 11.4 Å². The van der Waals surface area contributed by atoms with Gasteiger partial charge < -0.3 is 5.73 Å². The Labute approximate surface area is 137 Å². The standard InChI is InChI=1S/C13H11Cl3N2O2S/c1-7-2-4-10(15)13(12(7)16)18-21(19,20)8-3-5-9(14)11(17)6-8/h2-6,18H,17H2,1H3. The molecule has 0 amide bonds. The number of hydrogen-bond acceptors (Lipinski definition) is 3. The maximum atomic E-state index is 12.4. The Morgan fingerprint density at radius 1 is 1.05 bits per heavy atom. The Balaban J connectivity index is 2.47. The second-order valence-corrected chi connectivity index (χ2v) is 7.22. The van der Waals surface area contributed by atoms with E-state index < -0.39 is 10.0 Å². The van der Waals surface area contributed by atoms with Crippen LogP contribution in [0.2, 0.25) is 15.1 Å². The summed E-state index contributed by atoms with van der Waals surface area (Å²) in [6, 6.07) is 7.28. The smallest absolute Gasteiger partial charge is 0.262 e. The summed E-state index contributed by atoms with van der Waals surface area (Å²) < 4.78 is 27.1. The van der Waals surface area contributed by atoms with E-state index in [1.54, 1.807) is 19.1 Å². The van der Waals surface area contributed by atoms with Gasteiger partial charge in [0.15, 0.2) is 0 Å². The summed E-state index contributed by atoms with van der Waals surface area (Å²) in [5, 5.41) is 0.727. The molecule has 8 heteroatoms. The summed E-state index contributed by atoms with van der Waals surface area (Å²) in [5.41, 5.74) is 6.62. The molecular weight excluding hydrogens is 355 g/mol. The molecule has 0 spiro atoms. The third-order valence-corrected chi connectivity index (χ3v) is 5.29. The van der Waals surface area contributed by atoms with Crippen molar-refractivity contribution in [2.24, 2.45) is 0 Å². The van der Waals surface area contributed by atoms with E-state index >= 15 is 0 Å². The van der Waals surface area contributed by atoms with E-state index in [1.807, 2.05) is 0 Å². The van der Waals surface area contributed by atoms with Gasteiger partial charge in [0.05, 0.1) is 31.3 Å². The van der Waals surface area contributed by atoms with Crippen molar-refractivity contribution in [2.75, 3.05) is 10.5 Å². The number of aryl methyl sites for hydroxylation is 1. The highest BCUT2D eigenvalue weighted by molar-refractivity contribution is 7.92. The lowest BCUT2D eigenvalue weighted by Gasteiger charge is -2.13. The normalized spacial score (nSPS) is 11.4. The van der Waals surface area contributed by atoms with Crippen molar-refractivity contribution in [1.82, 2.24) is 0 Å².